The summed E-state index contributed by atoms with van der Waals surface area (Å²) >= 11 is 0. The number of nitrogens with two attached hydrogens (primary N) is 2. The second-order valence-electron chi connectivity index (χ2n) is 4.04. The van der Waals surface area contributed by atoms with E-state index in [9.17, 15) is 9.59 Å². The van der Waals surface area contributed by atoms with E-state index >= 15 is 0 Å². The molecule has 2 rings (SSSR count). The molecule has 1 unspecified atom stereocenters. The zero-order valence-corrected chi connectivity index (χ0v) is 10.4. The number of para-hydroxylation sites is 2. The van der Waals surface area contributed by atoms with Crippen LogP contribution in [0, 0.1) is 0 Å². The van der Waals surface area contributed by atoms with Crippen LogP contribution in [-0.2, 0) is 9.59 Å². The zero-order valence-electron chi connectivity index (χ0n) is 10.4. The monoisotopic (exact) mass is 275 g/mol. The predicted octanol–water partition coefficient (Wildman–Crippen LogP) is -1.20. The van der Waals surface area contributed by atoms with Crippen LogP contribution in [0.3, 0.4) is 0 Å². The number of aromatic nitrogens is 4. The number of hydrogen-bond donors (Lipinski definition) is 3. The minimum absolute atomic E-state index is 0.223. The molecule has 0 aliphatic carbocycles. The summed E-state index contributed by atoms with van der Waals surface area (Å²) < 4.78 is 1.40. The highest BCUT2D eigenvalue weighted by Crippen LogP contribution is 2.18. The first-order chi connectivity index (χ1) is 9.58. The van der Waals surface area contributed by atoms with Crippen molar-refractivity contribution in [3.63, 3.8) is 0 Å². The molecule has 0 saturated carbocycles. The molecular formula is C11H13N7O2. The van der Waals surface area contributed by atoms with Gasteiger partial charge in [-0.25, -0.2) is 0 Å². The molecule has 20 heavy (non-hydrogen) atoms. The van der Waals surface area contributed by atoms with E-state index in [1.165, 1.54) is 11.0 Å². The molecule has 1 aromatic heterocycles. The molecule has 1 aromatic carbocycles. The van der Waals surface area contributed by atoms with Crippen LogP contribution in [0.15, 0.2) is 30.6 Å². The lowest BCUT2D eigenvalue weighted by molar-refractivity contribution is -0.123. The molecule has 0 saturated heterocycles. The highest BCUT2D eigenvalue weighted by atomic mass is 16.2. The number of carbonyl (C=O) groups is 2. The molecule has 104 valence electrons. The van der Waals surface area contributed by atoms with Crippen LogP contribution in [-0.4, -0.2) is 38.1 Å². The average molecular weight is 275 g/mol. The van der Waals surface area contributed by atoms with E-state index in [0.29, 0.717) is 11.4 Å². The third-order valence-electron chi connectivity index (χ3n) is 2.52. The summed E-state index contributed by atoms with van der Waals surface area (Å²) in [5.41, 5.74) is 11.6. The molecule has 0 aliphatic heterocycles. The van der Waals surface area contributed by atoms with Crippen molar-refractivity contribution in [3.8, 4) is 5.69 Å². The summed E-state index contributed by atoms with van der Waals surface area (Å²) in [5.74, 6) is -1.15. The first-order valence-electron chi connectivity index (χ1n) is 5.75. The van der Waals surface area contributed by atoms with Gasteiger partial charge in [0.2, 0.25) is 11.8 Å². The number of nitrogens with one attached hydrogen (secondary N) is 1. The van der Waals surface area contributed by atoms with Crippen LogP contribution >= 0.6 is 0 Å². The SMILES string of the molecule is NC(=O)CC(N)C(=O)Nc1ccccc1-n1cnnn1. The molecule has 0 aliphatic rings. The molecular weight excluding hydrogens is 262 g/mol. The molecule has 2 amide bonds. The standard InChI is InChI=1S/C11H13N7O2/c12-7(5-10(13)19)11(20)15-8-3-1-2-4-9(8)18-6-14-16-17-18/h1-4,6-7H,5,12H2,(H2,13,19)(H,15,20). The number of hydrogen-bond acceptors (Lipinski definition) is 6. The minimum atomic E-state index is -1.01. The highest BCUT2D eigenvalue weighted by molar-refractivity contribution is 5.98. The number of carbonyl (C=O) groups excluding carboxylic acids is 2. The third kappa shape index (κ3) is 3.14. The smallest absolute Gasteiger partial charge is 0.241 e. The molecule has 9 heteroatoms. The van der Waals surface area contributed by atoms with Crippen molar-refractivity contribution in [2.75, 3.05) is 5.32 Å². The van der Waals surface area contributed by atoms with Crippen LogP contribution in [0.2, 0.25) is 0 Å². The topological polar surface area (TPSA) is 142 Å². The van der Waals surface area contributed by atoms with Gasteiger partial charge in [-0.1, -0.05) is 12.1 Å². The summed E-state index contributed by atoms with van der Waals surface area (Å²) in [5, 5.41) is 13.4. The fourth-order valence-electron chi connectivity index (χ4n) is 1.59. The predicted molar refractivity (Wildman–Crippen MR) is 69.6 cm³/mol. The van der Waals surface area contributed by atoms with Crippen molar-refractivity contribution in [1.82, 2.24) is 20.2 Å². The van der Waals surface area contributed by atoms with Gasteiger partial charge in [0.25, 0.3) is 0 Å². The maximum absolute atomic E-state index is 11.9. The van der Waals surface area contributed by atoms with E-state index in [4.69, 9.17) is 11.5 Å². The Labute approximate surface area is 113 Å². The van der Waals surface area contributed by atoms with E-state index in [1.54, 1.807) is 24.3 Å². The number of tetrazole rings is 1. The Morgan fingerprint density at radius 1 is 1.35 bits per heavy atom. The van der Waals surface area contributed by atoms with Crippen molar-refractivity contribution in [2.24, 2.45) is 11.5 Å². The number of benzene rings is 1. The van der Waals surface area contributed by atoms with Gasteiger partial charge < -0.3 is 16.8 Å². The number of primary amides is 1. The van der Waals surface area contributed by atoms with Crippen molar-refractivity contribution in [3.05, 3.63) is 30.6 Å². The van der Waals surface area contributed by atoms with Crippen molar-refractivity contribution in [1.29, 1.82) is 0 Å². The number of nitrogens with zero attached hydrogens (tertiary/aromatic N) is 4. The lowest BCUT2D eigenvalue weighted by atomic mass is 10.2. The van der Waals surface area contributed by atoms with Gasteiger partial charge >= 0.3 is 0 Å². The average Bonchev–Trinajstić information content (AvgIpc) is 2.92. The Hall–Kier alpha value is -2.81. The molecule has 0 spiro atoms. The molecule has 0 bridgehead atoms. The molecule has 1 atom stereocenters. The van der Waals surface area contributed by atoms with Gasteiger partial charge in [0, 0.05) is 0 Å². The zero-order chi connectivity index (χ0) is 14.5. The lowest BCUT2D eigenvalue weighted by Gasteiger charge is -2.13. The Morgan fingerprint density at radius 3 is 2.75 bits per heavy atom. The fourth-order valence-corrected chi connectivity index (χ4v) is 1.59. The van der Waals surface area contributed by atoms with E-state index in [1.807, 2.05) is 0 Å². The van der Waals surface area contributed by atoms with E-state index < -0.39 is 17.9 Å². The van der Waals surface area contributed by atoms with Crippen molar-refractivity contribution < 1.29 is 9.59 Å². The summed E-state index contributed by atoms with van der Waals surface area (Å²) in [6.07, 6.45) is 1.17. The molecule has 1 heterocycles. The van der Waals surface area contributed by atoms with Crippen LogP contribution in [0.25, 0.3) is 5.69 Å². The van der Waals surface area contributed by atoms with Crippen LogP contribution in [0.1, 0.15) is 6.42 Å². The van der Waals surface area contributed by atoms with Gasteiger partial charge in [-0.3, -0.25) is 9.59 Å². The van der Waals surface area contributed by atoms with E-state index in [-0.39, 0.29) is 6.42 Å². The first-order valence-corrected chi connectivity index (χ1v) is 5.75. The molecule has 0 radical (unpaired) electrons. The van der Waals surface area contributed by atoms with Gasteiger partial charge in [0.05, 0.1) is 23.8 Å². The number of anilines is 1. The molecule has 5 N–H and O–H groups in total. The van der Waals surface area contributed by atoms with E-state index in [0.717, 1.165) is 0 Å². The van der Waals surface area contributed by atoms with Gasteiger partial charge in [-0.15, -0.1) is 5.10 Å². The quantitative estimate of drug-likeness (QED) is 0.626. The molecule has 9 nitrogen and oxygen atoms in total. The molecule has 0 fully saturated rings. The lowest BCUT2D eigenvalue weighted by Crippen LogP contribution is -2.39. The maximum Gasteiger partial charge on any atom is 0.241 e. The Morgan fingerprint density at radius 2 is 2.10 bits per heavy atom. The Balaban J connectivity index is 2.18. The van der Waals surface area contributed by atoms with Crippen molar-refractivity contribution in [2.45, 2.75) is 12.5 Å². The minimum Gasteiger partial charge on any atom is -0.370 e. The third-order valence-corrected chi connectivity index (χ3v) is 2.52. The van der Waals surface area contributed by atoms with Gasteiger partial charge in [-0.05, 0) is 22.6 Å². The summed E-state index contributed by atoms with van der Waals surface area (Å²) in [6, 6.07) is 5.91. The van der Waals surface area contributed by atoms with Gasteiger partial charge in [0.15, 0.2) is 0 Å². The highest BCUT2D eigenvalue weighted by Gasteiger charge is 2.17. The molecule has 2 aromatic rings. The second-order valence-corrected chi connectivity index (χ2v) is 4.04. The summed E-state index contributed by atoms with van der Waals surface area (Å²) in [6.45, 7) is 0. The Bertz CT molecular complexity index is 611. The number of amides is 2. The summed E-state index contributed by atoms with van der Waals surface area (Å²) in [4.78, 5) is 22.6. The number of rotatable bonds is 5. The second kappa shape index (κ2) is 5.89. The van der Waals surface area contributed by atoms with Crippen molar-refractivity contribution >= 4 is 17.5 Å². The Kier molecular flexibility index (Phi) is 4.01. The largest absolute Gasteiger partial charge is 0.370 e. The fraction of sp³-hybridized carbons (Fsp3) is 0.182. The van der Waals surface area contributed by atoms with Crippen LogP contribution in [0.5, 0.6) is 0 Å². The first kappa shape index (κ1) is 13.6. The van der Waals surface area contributed by atoms with Gasteiger partial charge in [-0.2, -0.15) is 4.68 Å². The maximum atomic E-state index is 11.9. The van der Waals surface area contributed by atoms with Crippen LogP contribution < -0.4 is 16.8 Å². The van der Waals surface area contributed by atoms with Gasteiger partial charge in [0.1, 0.15) is 6.33 Å². The van der Waals surface area contributed by atoms with Crippen LogP contribution in [0.4, 0.5) is 5.69 Å². The summed E-state index contributed by atoms with van der Waals surface area (Å²) in [7, 11) is 0. The van der Waals surface area contributed by atoms with E-state index in [2.05, 4.69) is 20.8 Å². The normalized spacial score (nSPS) is 11.8.